The van der Waals surface area contributed by atoms with Crippen molar-refractivity contribution >= 4 is 23.2 Å². The van der Waals surface area contributed by atoms with Crippen LogP contribution in [-0.2, 0) is 5.88 Å². The largest absolute Gasteiger partial charge is 0.417 e. The maximum atomic E-state index is 11.7. The van der Waals surface area contributed by atoms with E-state index in [0.717, 1.165) is 0 Å². The molecule has 0 N–H and O–H groups in total. The number of pyridine rings is 1. The van der Waals surface area contributed by atoms with Gasteiger partial charge in [0.1, 0.15) is 0 Å². The van der Waals surface area contributed by atoms with E-state index < -0.39 is 6.61 Å². The van der Waals surface area contributed by atoms with Gasteiger partial charge in [-0.05, 0) is 6.07 Å². The molecule has 0 atom stereocenters. The summed E-state index contributed by atoms with van der Waals surface area (Å²) >= 11 is 11.0. The van der Waals surface area contributed by atoms with E-state index in [1.54, 1.807) is 0 Å². The van der Waals surface area contributed by atoms with Crippen LogP contribution in [0.2, 0.25) is 5.02 Å². The van der Waals surface area contributed by atoms with Gasteiger partial charge in [0.15, 0.2) is 0 Å². The molecule has 1 heterocycles. The molecule has 0 bridgehead atoms. The fourth-order valence-electron chi connectivity index (χ4n) is 0.745. The molecule has 1 rings (SSSR count). The molecule has 0 aromatic carbocycles. The number of hydrogen-bond acceptors (Lipinski definition) is 2. The molecule has 2 nitrogen and oxygen atoms in total. The Balaban J connectivity index is 2.88. The van der Waals surface area contributed by atoms with E-state index in [1.807, 2.05) is 0 Å². The third-order valence-corrected chi connectivity index (χ3v) is 1.66. The van der Waals surface area contributed by atoms with Gasteiger partial charge in [-0.15, -0.1) is 11.6 Å². The molecule has 13 heavy (non-hydrogen) atoms. The molecule has 0 aliphatic heterocycles. The third kappa shape index (κ3) is 3.32. The van der Waals surface area contributed by atoms with Gasteiger partial charge < -0.3 is 4.74 Å². The fourth-order valence-corrected chi connectivity index (χ4v) is 1.10. The van der Waals surface area contributed by atoms with Crippen LogP contribution >= 0.6 is 23.2 Å². The molecule has 0 amide bonds. The summed E-state index contributed by atoms with van der Waals surface area (Å²) in [5.41, 5.74) is 0.393. The first-order valence-corrected chi connectivity index (χ1v) is 4.20. The van der Waals surface area contributed by atoms with Gasteiger partial charge >= 0.3 is 6.61 Å². The molecule has 0 unspecified atom stereocenters. The lowest BCUT2D eigenvalue weighted by molar-refractivity contribution is -0.0529. The highest BCUT2D eigenvalue weighted by molar-refractivity contribution is 6.30. The van der Waals surface area contributed by atoms with E-state index in [9.17, 15) is 8.78 Å². The second kappa shape index (κ2) is 4.58. The zero-order valence-electron chi connectivity index (χ0n) is 6.31. The Bertz CT molecular complexity index is 296. The quantitative estimate of drug-likeness (QED) is 0.741. The minimum Gasteiger partial charge on any atom is -0.417 e. The van der Waals surface area contributed by atoms with Crippen molar-refractivity contribution in [2.45, 2.75) is 12.5 Å². The summed E-state index contributed by atoms with van der Waals surface area (Å²) in [4.78, 5) is 3.67. The Morgan fingerprint density at radius 1 is 1.46 bits per heavy atom. The summed E-state index contributed by atoms with van der Waals surface area (Å²) in [5, 5.41) is 0.265. The molecular weight excluding hydrogens is 223 g/mol. The van der Waals surface area contributed by atoms with Crippen LogP contribution in [0.4, 0.5) is 8.78 Å². The molecule has 0 aliphatic rings. The van der Waals surface area contributed by atoms with Gasteiger partial charge in [0.25, 0.3) is 0 Å². The van der Waals surface area contributed by atoms with Crippen LogP contribution in [0.5, 0.6) is 5.88 Å². The predicted molar refractivity (Wildman–Crippen MR) is 45.4 cm³/mol. The van der Waals surface area contributed by atoms with E-state index >= 15 is 0 Å². The first-order valence-electron chi connectivity index (χ1n) is 3.29. The van der Waals surface area contributed by atoms with Crippen molar-refractivity contribution in [1.29, 1.82) is 0 Å². The second-order valence-electron chi connectivity index (χ2n) is 2.13. The molecule has 1 aromatic rings. The Kier molecular flexibility index (Phi) is 3.69. The van der Waals surface area contributed by atoms with Crippen molar-refractivity contribution in [3.8, 4) is 5.88 Å². The van der Waals surface area contributed by atoms with Gasteiger partial charge in [-0.1, -0.05) is 11.6 Å². The van der Waals surface area contributed by atoms with Crippen LogP contribution in [0.25, 0.3) is 0 Å². The van der Waals surface area contributed by atoms with Crippen LogP contribution in [0.1, 0.15) is 5.69 Å². The third-order valence-electron chi connectivity index (χ3n) is 1.17. The highest BCUT2D eigenvalue weighted by atomic mass is 35.5. The lowest BCUT2D eigenvalue weighted by atomic mass is 10.4. The van der Waals surface area contributed by atoms with Crippen LogP contribution < -0.4 is 4.74 Å². The maximum absolute atomic E-state index is 11.7. The van der Waals surface area contributed by atoms with Crippen LogP contribution in [0.3, 0.4) is 0 Å². The molecule has 72 valence electrons. The predicted octanol–water partition coefficient (Wildman–Crippen LogP) is 3.08. The fraction of sp³-hybridized carbons (Fsp3) is 0.286. The number of ether oxygens (including phenoxy) is 1. The molecule has 0 fully saturated rings. The Labute approximate surface area is 83.4 Å². The normalized spacial score (nSPS) is 10.5. The number of rotatable bonds is 3. The monoisotopic (exact) mass is 227 g/mol. The SMILES string of the molecule is FC(F)Oc1cc(Cl)cc(CCl)n1. The summed E-state index contributed by atoms with van der Waals surface area (Å²) in [7, 11) is 0. The summed E-state index contributed by atoms with van der Waals surface area (Å²) in [6.45, 7) is -2.91. The minimum absolute atomic E-state index is 0.0974. The Hall–Kier alpha value is -0.610. The summed E-state index contributed by atoms with van der Waals surface area (Å²) in [6, 6.07) is 2.68. The van der Waals surface area contributed by atoms with E-state index in [0.29, 0.717) is 5.69 Å². The van der Waals surface area contributed by atoms with Crippen molar-refractivity contribution in [2.24, 2.45) is 0 Å². The van der Waals surface area contributed by atoms with Crippen molar-refractivity contribution < 1.29 is 13.5 Å². The van der Waals surface area contributed by atoms with Gasteiger partial charge in [-0.3, -0.25) is 0 Å². The van der Waals surface area contributed by atoms with Gasteiger partial charge in [0.2, 0.25) is 5.88 Å². The van der Waals surface area contributed by atoms with Gasteiger partial charge in [0.05, 0.1) is 11.6 Å². The maximum Gasteiger partial charge on any atom is 0.388 e. The number of hydrogen-bond donors (Lipinski definition) is 0. The van der Waals surface area contributed by atoms with Gasteiger partial charge in [-0.25, -0.2) is 4.98 Å². The van der Waals surface area contributed by atoms with Gasteiger partial charge in [-0.2, -0.15) is 8.78 Å². The summed E-state index contributed by atoms with van der Waals surface area (Å²) in [6.07, 6.45) is 0. The molecule has 0 saturated carbocycles. The van der Waals surface area contributed by atoms with Crippen LogP contribution in [0, 0.1) is 0 Å². The van der Waals surface area contributed by atoms with Crippen LogP contribution in [-0.4, -0.2) is 11.6 Å². The first-order chi connectivity index (χ1) is 6.11. The van der Waals surface area contributed by atoms with Crippen molar-refractivity contribution in [3.05, 3.63) is 22.8 Å². The van der Waals surface area contributed by atoms with Crippen molar-refractivity contribution in [3.63, 3.8) is 0 Å². The molecule has 0 radical (unpaired) electrons. The topological polar surface area (TPSA) is 22.1 Å². The Morgan fingerprint density at radius 3 is 2.69 bits per heavy atom. The zero-order valence-corrected chi connectivity index (χ0v) is 7.82. The summed E-state index contributed by atoms with van der Waals surface area (Å²) < 4.78 is 27.5. The smallest absolute Gasteiger partial charge is 0.388 e. The number of nitrogens with zero attached hydrogens (tertiary/aromatic N) is 1. The first kappa shape index (κ1) is 10.5. The number of halogens is 4. The van der Waals surface area contributed by atoms with Crippen LogP contribution in [0.15, 0.2) is 12.1 Å². The minimum atomic E-state index is -2.91. The molecule has 6 heteroatoms. The lowest BCUT2D eigenvalue weighted by Gasteiger charge is -2.04. The average Bonchev–Trinajstić information content (AvgIpc) is 2.01. The van der Waals surface area contributed by atoms with E-state index in [-0.39, 0.29) is 16.8 Å². The Morgan fingerprint density at radius 2 is 2.15 bits per heavy atom. The highest BCUT2D eigenvalue weighted by Crippen LogP contribution is 2.19. The molecular formula is C7H5Cl2F2NO. The van der Waals surface area contributed by atoms with E-state index in [1.165, 1.54) is 12.1 Å². The van der Waals surface area contributed by atoms with Gasteiger partial charge in [0, 0.05) is 11.1 Å². The highest BCUT2D eigenvalue weighted by Gasteiger charge is 2.07. The van der Waals surface area contributed by atoms with Crippen molar-refractivity contribution in [1.82, 2.24) is 4.98 Å². The average molecular weight is 228 g/mol. The van der Waals surface area contributed by atoms with Crippen molar-refractivity contribution in [2.75, 3.05) is 0 Å². The zero-order chi connectivity index (χ0) is 9.84. The standard InChI is InChI=1S/C7H5Cl2F2NO/c8-3-5-1-4(9)2-6(12-5)13-7(10)11/h1-2,7H,3H2. The van der Waals surface area contributed by atoms with E-state index in [4.69, 9.17) is 23.2 Å². The molecule has 1 aromatic heterocycles. The summed E-state index contributed by atoms with van der Waals surface area (Å²) in [5.74, 6) is -0.127. The molecule has 0 aliphatic carbocycles. The lowest BCUT2D eigenvalue weighted by Crippen LogP contribution is -2.04. The van der Waals surface area contributed by atoms with E-state index in [2.05, 4.69) is 9.72 Å². The molecule has 0 spiro atoms. The molecule has 0 saturated heterocycles. The second-order valence-corrected chi connectivity index (χ2v) is 2.83. The number of aromatic nitrogens is 1. The number of alkyl halides is 3.